The third kappa shape index (κ3) is 4.45. The van der Waals surface area contributed by atoms with Crippen LogP contribution in [0.25, 0.3) is 0 Å². The van der Waals surface area contributed by atoms with Crippen molar-refractivity contribution < 1.29 is 23.8 Å². The lowest BCUT2D eigenvalue weighted by molar-refractivity contribution is -0.142. The monoisotopic (exact) mass is 412 g/mol. The molecule has 2 aromatic carbocycles. The number of carboxylic acid groups (broad SMARTS) is 1. The fourth-order valence-electron chi connectivity index (χ4n) is 4.69. The van der Waals surface area contributed by atoms with E-state index in [0.717, 1.165) is 42.6 Å². The molecule has 4 nitrogen and oxygen atoms in total. The number of hydrogen-bond acceptors (Lipinski definition) is 3. The first-order valence-electron chi connectivity index (χ1n) is 10.7. The quantitative estimate of drug-likeness (QED) is 0.581. The molecule has 2 aliphatic rings. The molecular formula is C25H29FO4. The molecule has 0 amide bonds. The molecule has 160 valence electrons. The van der Waals surface area contributed by atoms with Crippen molar-refractivity contribution in [2.45, 2.75) is 44.4 Å². The molecule has 0 radical (unpaired) electrons. The average Bonchev–Trinajstić information content (AvgIpc) is 3.53. The Bertz CT molecular complexity index is 902. The molecule has 30 heavy (non-hydrogen) atoms. The SMILES string of the molecule is COc1ccc(F)c(C2CC(COc3cccc([C@H](C4CC4)[C@H](C)C(=O)O)c3)C2)c1. The van der Waals surface area contributed by atoms with E-state index in [-0.39, 0.29) is 17.7 Å². The predicted molar refractivity (Wildman–Crippen MR) is 113 cm³/mol. The molecular weight excluding hydrogens is 383 g/mol. The van der Waals surface area contributed by atoms with Crippen molar-refractivity contribution in [2.75, 3.05) is 13.7 Å². The number of ether oxygens (including phenoxy) is 2. The van der Waals surface area contributed by atoms with Crippen molar-refractivity contribution >= 4 is 5.97 Å². The van der Waals surface area contributed by atoms with Gasteiger partial charge < -0.3 is 14.6 Å². The molecule has 4 rings (SSSR count). The van der Waals surface area contributed by atoms with Gasteiger partial charge in [-0.15, -0.1) is 0 Å². The molecule has 0 spiro atoms. The highest BCUT2D eigenvalue weighted by Gasteiger charge is 2.39. The van der Waals surface area contributed by atoms with Gasteiger partial charge in [0.05, 0.1) is 19.6 Å². The van der Waals surface area contributed by atoms with E-state index in [1.807, 2.05) is 24.3 Å². The van der Waals surface area contributed by atoms with E-state index in [1.165, 1.54) is 6.07 Å². The summed E-state index contributed by atoms with van der Waals surface area (Å²) in [6, 6.07) is 12.8. The Morgan fingerprint density at radius 3 is 2.60 bits per heavy atom. The van der Waals surface area contributed by atoms with E-state index in [2.05, 4.69) is 0 Å². The fraction of sp³-hybridized carbons (Fsp3) is 0.480. The highest BCUT2D eigenvalue weighted by Crippen LogP contribution is 2.47. The molecule has 0 unspecified atom stereocenters. The molecule has 2 atom stereocenters. The Kier molecular flexibility index (Phi) is 5.98. The first-order chi connectivity index (χ1) is 14.5. The maximum Gasteiger partial charge on any atom is 0.306 e. The summed E-state index contributed by atoms with van der Waals surface area (Å²) in [4.78, 5) is 11.5. The number of methoxy groups -OCH3 is 1. The van der Waals surface area contributed by atoms with Crippen molar-refractivity contribution in [1.82, 2.24) is 0 Å². The molecule has 2 aliphatic carbocycles. The summed E-state index contributed by atoms with van der Waals surface area (Å²) in [7, 11) is 1.59. The Balaban J connectivity index is 1.34. The molecule has 5 heteroatoms. The van der Waals surface area contributed by atoms with Crippen molar-refractivity contribution in [3.63, 3.8) is 0 Å². The van der Waals surface area contributed by atoms with E-state index >= 15 is 0 Å². The lowest BCUT2D eigenvalue weighted by atomic mass is 9.71. The summed E-state index contributed by atoms with van der Waals surface area (Å²) in [5.41, 5.74) is 1.78. The topological polar surface area (TPSA) is 55.8 Å². The van der Waals surface area contributed by atoms with E-state index in [4.69, 9.17) is 9.47 Å². The number of benzene rings is 2. The van der Waals surface area contributed by atoms with Crippen LogP contribution in [-0.4, -0.2) is 24.8 Å². The number of halogens is 1. The van der Waals surface area contributed by atoms with Crippen LogP contribution in [0.3, 0.4) is 0 Å². The number of rotatable bonds is 9. The second-order valence-corrected chi connectivity index (χ2v) is 8.80. The van der Waals surface area contributed by atoms with E-state index in [0.29, 0.717) is 24.2 Å². The number of aliphatic carboxylic acids is 1. The van der Waals surface area contributed by atoms with Gasteiger partial charge in [0, 0.05) is 0 Å². The van der Waals surface area contributed by atoms with Crippen LogP contribution >= 0.6 is 0 Å². The van der Waals surface area contributed by atoms with Crippen LogP contribution in [0.1, 0.15) is 55.6 Å². The Labute approximate surface area is 177 Å². The van der Waals surface area contributed by atoms with Crippen molar-refractivity contribution in [2.24, 2.45) is 17.8 Å². The molecule has 1 N–H and O–H groups in total. The largest absolute Gasteiger partial charge is 0.497 e. The smallest absolute Gasteiger partial charge is 0.306 e. The molecule has 0 aliphatic heterocycles. The van der Waals surface area contributed by atoms with Crippen molar-refractivity contribution in [3.8, 4) is 11.5 Å². The van der Waals surface area contributed by atoms with Gasteiger partial charge in [0.2, 0.25) is 0 Å². The van der Waals surface area contributed by atoms with Gasteiger partial charge in [-0.25, -0.2) is 4.39 Å². The summed E-state index contributed by atoms with van der Waals surface area (Å²) in [6.45, 7) is 2.39. The fourth-order valence-corrected chi connectivity index (χ4v) is 4.69. The summed E-state index contributed by atoms with van der Waals surface area (Å²) in [5, 5.41) is 9.48. The van der Waals surface area contributed by atoms with E-state index in [1.54, 1.807) is 26.2 Å². The van der Waals surface area contributed by atoms with Crippen molar-refractivity contribution in [1.29, 1.82) is 0 Å². The minimum Gasteiger partial charge on any atom is -0.497 e. The Morgan fingerprint density at radius 1 is 1.17 bits per heavy atom. The van der Waals surface area contributed by atoms with Gasteiger partial charge >= 0.3 is 5.97 Å². The number of carboxylic acids is 1. The van der Waals surface area contributed by atoms with Crippen LogP contribution in [0.2, 0.25) is 0 Å². The van der Waals surface area contributed by atoms with Crippen LogP contribution < -0.4 is 9.47 Å². The zero-order valence-corrected chi connectivity index (χ0v) is 17.5. The molecule has 0 aromatic heterocycles. The number of hydrogen-bond donors (Lipinski definition) is 1. The zero-order valence-electron chi connectivity index (χ0n) is 17.5. The third-order valence-corrected chi connectivity index (χ3v) is 6.67. The summed E-state index contributed by atoms with van der Waals surface area (Å²) in [6.07, 6.45) is 3.98. The summed E-state index contributed by atoms with van der Waals surface area (Å²) < 4.78 is 25.4. The van der Waals surface area contributed by atoms with Gasteiger partial charge in [-0.05, 0) is 90.8 Å². The van der Waals surface area contributed by atoms with Gasteiger partial charge in [-0.2, -0.15) is 0 Å². The van der Waals surface area contributed by atoms with Gasteiger partial charge in [0.1, 0.15) is 17.3 Å². The molecule has 2 saturated carbocycles. The van der Waals surface area contributed by atoms with Crippen LogP contribution in [0, 0.1) is 23.6 Å². The first kappa shape index (κ1) is 20.7. The summed E-state index contributed by atoms with van der Waals surface area (Å²) in [5.74, 6) is 1.23. The average molecular weight is 413 g/mol. The molecule has 0 heterocycles. The van der Waals surface area contributed by atoms with Crippen LogP contribution in [-0.2, 0) is 4.79 Å². The minimum atomic E-state index is -0.747. The zero-order chi connectivity index (χ0) is 21.3. The highest BCUT2D eigenvalue weighted by atomic mass is 19.1. The maximum atomic E-state index is 14.1. The summed E-state index contributed by atoms with van der Waals surface area (Å²) >= 11 is 0. The number of carbonyl (C=O) groups is 1. The normalized spacial score (nSPS) is 22.6. The van der Waals surface area contributed by atoms with Crippen molar-refractivity contribution in [3.05, 3.63) is 59.4 Å². The third-order valence-electron chi connectivity index (χ3n) is 6.67. The van der Waals surface area contributed by atoms with Gasteiger partial charge in [0.25, 0.3) is 0 Å². The van der Waals surface area contributed by atoms with Crippen LogP contribution in [0.4, 0.5) is 4.39 Å². The molecule has 2 aromatic rings. The van der Waals surface area contributed by atoms with Crippen LogP contribution in [0.15, 0.2) is 42.5 Å². The second-order valence-electron chi connectivity index (χ2n) is 8.80. The van der Waals surface area contributed by atoms with E-state index in [9.17, 15) is 14.3 Å². The lowest BCUT2D eigenvalue weighted by Gasteiger charge is -2.35. The molecule has 2 fully saturated rings. The maximum absolute atomic E-state index is 14.1. The second kappa shape index (κ2) is 8.66. The standard InChI is InChI=1S/C25H29FO4/c1-15(25(27)28)24(17-6-7-17)18-4-3-5-21(12-18)30-14-16-10-19(11-16)22-13-20(29-2)8-9-23(22)26/h3-5,8-9,12-13,15-17,19,24H,6-7,10-11,14H2,1-2H3,(H,27,28)/t15-,16?,19?,24-/m0/s1. The minimum absolute atomic E-state index is 0.0372. The molecule has 0 saturated heterocycles. The lowest BCUT2D eigenvalue weighted by Crippen LogP contribution is -2.28. The van der Waals surface area contributed by atoms with Crippen LogP contribution in [0.5, 0.6) is 11.5 Å². The van der Waals surface area contributed by atoms with Gasteiger partial charge in [-0.1, -0.05) is 19.1 Å². The van der Waals surface area contributed by atoms with E-state index < -0.39 is 11.9 Å². The van der Waals surface area contributed by atoms with Gasteiger partial charge in [-0.3, -0.25) is 4.79 Å². The molecule has 0 bridgehead atoms. The highest BCUT2D eigenvalue weighted by molar-refractivity contribution is 5.71. The first-order valence-corrected chi connectivity index (χ1v) is 10.7. The Hall–Kier alpha value is -2.56. The van der Waals surface area contributed by atoms with Gasteiger partial charge in [0.15, 0.2) is 0 Å². The predicted octanol–water partition coefficient (Wildman–Crippen LogP) is 5.62. The Morgan fingerprint density at radius 2 is 1.93 bits per heavy atom.